The first-order valence-electron chi connectivity index (χ1n) is 6.89. The summed E-state index contributed by atoms with van der Waals surface area (Å²) in [5.74, 6) is 0.290. The van der Waals surface area contributed by atoms with Crippen LogP contribution in [-0.2, 0) is 17.6 Å². The second-order valence-corrected chi connectivity index (χ2v) is 5.24. The molecule has 0 saturated carbocycles. The van der Waals surface area contributed by atoms with Crippen molar-refractivity contribution in [3.63, 3.8) is 0 Å². The number of benzene rings is 2. The molecule has 0 heterocycles. The van der Waals surface area contributed by atoms with Crippen molar-refractivity contribution in [3.8, 4) is 5.75 Å². The van der Waals surface area contributed by atoms with Gasteiger partial charge in [-0.15, -0.1) is 0 Å². The third-order valence-corrected chi connectivity index (χ3v) is 3.85. The predicted molar refractivity (Wildman–Crippen MR) is 78.7 cm³/mol. The summed E-state index contributed by atoms with van der Waals surface area (Å²) in [5.41, 5.74) is 3.37. The first-order chi connectivity index (χ1) is 9.72. The number of anilines is 1. The number of phenols is 1. The van der Waals surface area contributed by atoms with Crippen LogP contribution in [-0.4, -0.2) is 11.0 Å². The fraction of sp³-hybridized carbons (Fsp3) is 0.235. The molecule has 0 bridgehead atoms. The highest BCUT2D eigenvalue weighted by molar-refractivity contribution is 5.92. The summed E-state index contributed by atoms with van der Waals surface area (Å²) in [7, 11) is 0. The van der Waals surface area contributed by atoms with Gasteiger partial charge in [0, 0.05) is 11.6 Å². The molecule has 3 rings (SSSR count). The smallest absolute Gasteiger partial charge is 0.227 e. The first-order valence-corrected chi connectivity index (χ1v) is 6.89. The summed E-state index contributed by atoms with van der Waals surface area (Å²) in [5, 5.41) is 12.2. The Kier molecular flexibility index (Phi) is 3.42. The zero-order valence-corrected chi connectivity index (χ0v) is 11.2. The Hall–Kier alpha value is -2.29. The number of nitrogens with one attached hydrogen (secondary N) is 1. The molecule has 1 atom stereocenters. The summed E-state index contributed by atoms with van der Waals surface area (Å²) in [6.07, 6.45) is 2.66. The minimum Gasteiger partial charge on any atom is -0.508 e. The van der Waals surface area contributed by atoms with Gasteiger partial charge in [0.25, 0.3) is 0 Å². The highest BCUT2D eigenvalue weighted by Gasteiger charge is 2.24. The van der Waals surface area contributed by atoms with E-state index < -0.39 is 0 Å². The number of carbonyl (C=O) groups excluding carboxylic acids is 1. The van der Waals surface area contributed by atoms with Crippen molar-refractivity contribution in [2.45, 2.75) is 19.3 Å². The molecule has 20 heavy (non-hydrogen) atoms. The quantitative estimate of drug-likeness (QED) is 0.821. The molecule has 3 heteroatoms. The minimum atomic E-state index is 0.0266. The van der Waals surface area contributed by atoms with Gasteiger partial charge in [-0.05, 0) is 54.7 Å². The van der Waals surface area contributed by atoms with Gasteiger partial charge >= 0.3 is 0 Å². The highest BCUT2D eigenvalue weighted by atomic mass is 16.3. The Labute approximate surface area is 118 Å². The van der Waals surface area contributed by atoms with Crippen LogP contribution in [0.15, 0.2) is 48.5 Å². The SMILES string of the molecule is O=C(Nc1ccc(O)cc1)C1CCc2ccccc2C1. The number of amides is 1. The number of rotatable bonds is 2. The maximum atomic E-state index is 12.3. The van der Waals surface area contributed by atoms with Crippen LogP contribution in [0.1, 0.15) is 17.5 Å². The van der Waals surface area contributed by atoms with Crippen LogP contribution < -0.4 is 5.32 Å². The molecule has 1 unspecified atom stereocenters. The van der Waals surface area contributed by atoms with E-state index in [-0.39, 0.29) is 17.6 Å². The lowest BCUT2D eigenvalue weighted by Gasteiger charge is -2.23. The Bertz CT molecular complexity index is 619. The normalized spacial score (nSPS) is 17.3. The highest BCUT2D eigenvalue weighted by Crippen LogP contribution is 2.26. The number of aromatic hydroxyl groups is 1. The summed E-state index contributed by atoms with van der Waals surface area (Å²) in [6.45, 7) is 0. The Morgan fingerprint density at radius 2 is 1.75 bits per heavy atom. The first kappa shape index (κ1) is 12.7. The largest absolute Gasteiger partial charge is 0.508 e. The Morgan fingerprint density at radius 1 is 1.05 bits per heavy atom. The molecule has 0 spiro atoms. The molecule has 2 aromatic rings. The molecule has 0 radical (unpaired) electrons. The fourth-order valence-corrected chi connectivity index (χ4v) is 2.71. The predicted octanol–water partition coefficient (Wildman–Crippen LogP) is 3.14. The van der Waals surface area contributed by atoms with Crippen molar-refractivity contribution >= 4 is 11.6 Å². The van der Waals surface area contributed by atoms with Crippen molar-refractivity contribution in [1.29, 1.82) is 0 Å². The Balaban J connectivity index is 1.68. The monoisotopic (exact) mass is 267 g/mol. The third kappa shape index (κ3) is 2.67. The molecule has 2 aromatic carbocycles. The van der Waals surface area contributed by atoms with E-state index in [1.54, 1.807) is 24.3 Å². The van der Waals surface area contributed by atoms with Crippen LogP contribution in [0.4, 0.5) is 5.69 Å². The zero-order valence-electron chi connectivity index (χ0n) is 11.2. The molecular formula is C17H17NO2. The van der Waals surface area contributed by atoms with Gasteiger partial charge in [0.15, 0.2) is 0 Å². The number of carbonyl (C=O) groups is 1. The molecule has 0 fully saturated rings. The van der Waals surface area contributed by atoms with Gasteiger partial charge in [-0.25, -0.2) is 0 Å². The van der Waals surface area contributed by atoms with E-state index in [1.165, 1.54) is 11.1 Å². The zero-order chi connectivity index (χ0) is 13.9. The molecule has 2 N–H and O–H groups in total. The van der Waals surface area contributed by atoms with Crippen LogP contribution in [0.25, 0.3) is 0 Å². The molecule has 1 amide bonds. The second-order valence-electron chi connectivity index (χ2n) is 5.24. The maximum absolute atomic E-state index is 12.3. The number of aryl methyl sites for hydroxylation is 1. The maximum Gasteiger partial charge on any atom is 0.227 e. The molecular weight excluding hydrogens is 250 g/mol. The van der Waals surface area contributed by atoms with E-state index in [9.17, 15) is 9.90 Å². The van der Waals surface area contributed by atoms with Gasteiger partial charge in [0.05, 0.1) is 0 Å². The molecule has 1 aliphatic rings. The topological polar surface area (TPSA) is 49.3 Å². The minimum absolute atomic E-state index is 0.0266. The lowest BCUT2D eigenvalue weighted by molar-refractivity contribution is -0.120. The number of fused-ring (bicyclic) bond motifs is 1. The number of hydrogen-bond acceptors (Lipinski definition) is 2. The van der Waals surface area contributed by atoms with Crippen molar-refractivity contribution in [1.82, 2.24) is 0 Å². The van der Waals surface area contributed by atoms with Gasteiger partial charge in [-0.3, -0.25) is 4.79 Å². The van der Waals surface area contributed by atoms with E-state index in [0.29, 0.717) is 0 Å². The van der Waals surface area contributed by atoms with Gasteiger partial charge < -0.3 is 10.4 Å². The van der Waals surface area contributed by atoms with E-state index in [4.69, 9.17) is 0 Å². The summed E-state index contributed by atoms with van der Waals surface area (Å²) < 4.78 is 0. The van der Waals surface area contributed by atoms with E-state index >= 15 is 0 Å². The van der Waals surface area contributed by atoms with Gasteiger partial charge in [-0.2, -0.15) is 0 Å². The van der Waals surface area contributed by atoms with Crippen LogP contribution in [0.3, 0.4) is 0 Å². The van der Waals surface area contributed by atoms with Gasteiger partial charge in [0.2, 0.25) is 5.91 Å². The summed E-state index contributed by atoms with van der Waals surface area (Å²) in [4.78, 5) is 12.3. The fourth-order valence-electron chi connectivity index (χ4n) is 2.71. The molecule has 3 nitrogen and oxygen atoms in total. The number of hydrogen-bond donors (Lipinski definition) is 2. The van der Waals surface area contributed by atoms with Crippen molar-refractivity contribution in [2.24, 2.45) is 5.92 Å². The van der Waals surface area contributed by atoms with Crippen LogP contribution in [0.5, 0.6) is 5.75 Å². The third-order valence-electron chi connectivity index (χ3n) is 3.85. The van der Waals surface area contributed by atoms with E-state index in [1.807, 2.05) is 6.07 Å². The molecule has 1 aliphatic carbocycles. The molecule has 0 aliphatic heterocycles. The molecule has 102 valence electrons. The average Bonchev–Trinajstić information content (AvgIpc) is 2.49. The van der Waals surface area contributed by atoms with Crippen LogP contribution in [0, 0.1) is 5.92 Å². The lowest BCUT2D eigenvalue weighted by atomic mass is 9.83. The van der Waals surface area contributed by atoms with Crippen molar-refractivity contribution < 1.29 is 9.90 Å². The summed E-state index contributed by atoms with van der Waals surface area (Å²) >= 11 is 0. The van der Waals surface area contributed by atoms with Gasteiger partial charge in [-0.1, -0.05) is 24.3 Å². The standard InChI is InChI=1S/C17H17NO2/c19-16-9-7-15(8-10-16)18-17(20)14-6-5-12-3-1-2-4-13(12)11-14/h1-4,7-10,14,19H,5-6,11H2,(H,18,20). The van der Waals surface area contributed by atoms with Crippen molar-refractivity contribution in [3.05, 3.63) is 59.7 Å². The average molecular weight is 267 g/mol. The Morgan fingerprint density at radius 3 is 2.50 bits per heavy atom. The van der Waals surface area contributed by atoms with Gasteiger partial charge in [0.1, 0.15) is 5.75 Å². The lowest BCUT2D eigenvalue weighted by Crippen LogP contribution is -2.28. The summed E-state index contributed by atoms with van der Waals surface area (Å²) in [6, 6.07) is 14.9. The van der Waals surface area contributed by atoms with Crippen LogP contribution in [0.2, 0.25) is 0 Å². The van der Waals surface area contributed by atoms with Crippen molar-refractivity contribution in [2.75, 3.05) is 5.32 Å². The number of phenolic OH excluding ortho intramolecular Hbond substituents is 1. The van der Waals surface area contributed by atoms with E-state index in [2.05, 4.69) is 23.5 Å². The second kappa shape index (κ2) is 5.37. The molecule has 0 saturated heterocycles. The van der Waals surface area contributed by atoms with E-state index in [0.717, 1.165) is 24.9 Å². The van der Waals surface area contributed by atoms with Crippen LogP contribution >= 0.6 is 0 Å². The molecule has 0 aromatic heterocycles.